The van der Waals surface area contributed by atoms with E-state index < -0.39 is 0 Å². The number of amides is 1. The van der Waals surface area contributed by atoms with E-state index in [2.05, 4.69) is 15.5 Å². The summed E-state index contributed by atoms with van der Waals surface area (Å²) in [6.45, 7) is 1.79. The molecule has 1 aliphatic heterocycles. The summed E-state index contributed by atoms with van der Waals surface area (Å²) in [7, 11) is 0. The Bertz CT molecular complexity index is 776. The lowest BCUT2D eigenvalue weighted by molar-refractivity contribution is -0.115. The van der Waals surface area contributed by atoms with Crippen molar-refractivity contribution in [3.8, 4) is 0 Å². The highest BCUT2D eigenvalue weighted by Gasteiger charge is 2.23. The van der Waals surface area contributed by atoms with Gasteiger partial charge in [0.2, 0.25) is 0 Å². The van der Waals surface area contributed by atoms with Gasteiger partial charge in [0.1, 0.15) is 5.76 Å². The second-order valence-electron chi connectivity index (χ2n) is 4.57. The molecule has 1 amide bonds. The molecule has 1 aromatic carbocycles. The van der Waals surface area contributed by atoms with Gasteiger partial charge in [-0.3, -0.25) is 4.79 Å². The summed E-state index contributed by atoms with van der Waals surface area (Å²) in [6.07, 6.45) is 5.56. The Morgan fingerprint density at radius 1 is 1.32 bits per heavy atom. The number of amidine groups is 1. The number of nitrogens with zero attached hydrogens (tertiary/aromatic N) is 2. The van der Waals surface area contributed by atoms with Crippen LogP contribution in [0.15, 0.2) is 63.0 Å². The summed E-state index contributed by atoms with van der Waals surface area (Å²) in [6, 6.07) is 11.6. The van der Waals surface area contributed by atoms with Gasteiger partial charge in [0.25, 0.3) is 5.91 Å². The minimum atomic E-state index is -0.165. The van der Waals surface area contributed by atoms with Crippen molar-refractivity contribution in [3.63, 3.8) is 0 Å². The molecule has 6 heteroatoms. The Kier molecular flexibility index (Phi) is 4.20. The maximum Gasteiger partial charge on any atom is 0.264 e. The van der Waals surface area contributed by atoms with Crippen molar-refractivity contribution in [2.24, 2.45) is 4.99 Å². The topological polar surface area (TPSA) is 67.5 Å². The van der Waals surface area contributed by atoms with E-state index >= 15 is 0 Å². The normalized spacial score (nSPS) is 18.5. The zero-order chi connectivity index (χ0) is 15.4. The Hall–Kier alpha value is -2.60. The molecule has 0 unspecified atom stereocenters. The van der Waals surface area contributed by atoms with Crippen molar-refractivity contribution < 1.29 is 9.32 Å². The number of thioether (sulfide) groups is 1. The van der Waals surface area contributed by atoms with Crippen molar-refractivity contribution in [3.05, 3.63) is 64.8 Å². The average Bonchev–Trinajstić information content (AvgIpc) is 3.07. The third-order valence-electron chi connectivity index (χ3n) is 2.82. The SMILES string of the molecule is Cc1cc(N=C2NC(=O)/C(=C/C=C\c3ccccc3)S2)no1. The maximum absolute atomic E-state index is 11.9. The van der Waals surface area contributed by atoms with E-state index in [0.717, 1.165) is 5.56 Å². The van der Waals surface area contributed by atoms with Crippen molar-refractivity contribution in [1.82, 2.24) is 10.5 Å². The molecule has 0 bridgehead atoms. The number of benzene rings is 1. The molecule has 0 radical (unpaired) electrons. The summed E-state index contributed by atoms with van der Waals surface area (Å²) in [4.78, 5) is 16.7. The number of aromatic nitrogens is 1. The number of hydrogen-bond donors (Lipinski definition) is 1. The highest BCUT2D eigenvalue weighted by atomic mass is 32.2. The van der Waals surface area contributed by atoms with Gasteiger partial charge in [0.15, 0.2) is 11.0 Å². The summed E-state index contributed by atoms with van der Waals surface area (Å²) in [5, 5.41) is 6.97. The standard InChI is InChI=1S/C16H13N3O2S/c1-11-10-14(19-21-11)17-16-18-15(20)13(22-16)9-5-8-12-6-3-2-4-7-12/h2-10H,1H3,(H,17,18,19,20)/b8-5-,13-9-. The monoisotopic (exact) mass is 311 g/mol. The summed E-state index contributed by atoms with van der Waals surface area (Å²) >= 11 is 1.28. The van der Waals surface area contributed by atoms with Crippen LogP contribution < -0.4 is 5.32 Å². The van der Waals surface area contributed by atoms with Crippen LogP contribution in [0.25, 0.3) is 6.08 Å². The van der Waals surface area contributed by atoms with E-state index in [0.29, 0.717) is 21.7 Å². The fraction of sp³-hybridized carbons (Fsp3) is 0.0625. The van der Waals surface area contributed by atoms with Crippen LogP contribution in [0.1, 0.15) is 11.3 Å². The second kappa shape index (κ2) is 6.44. The highest BCUT2D eigenvalue weighted by molar-refractivity contribution is 8.18. The Labute approximate surface area is 131 Å². The van der Waals surface area contributed by atoms with Crippen LogP contribution in [0.2, 0.25) is 0 Å². The van der Waals surface area contributed by atoms with Gasteiger partial charge >= 0.3 is 0 Å². The van der Waals surface area contributed by atoms with Crippen molar-refractivity contribution in [1.29, 1.82) is 0 Å². The van der Waals surface area contributed by atoms with Crippen LogP contribution in [-0.4, -0.2) is 16.2 Å². The van der Waals surface area contributed by atoms with Gasteiger partial charge < -0.3 is 9.84 Å². The van der Waals surface area contributed by atoms with Crippen molar-refractivity contribution in [2.45, 2.75) is 6.92 Å². The molecule has 1 aromatic heterocycles. The second-order valence-corrected chi connectivity index (χ2v) is 5.60. The third-order valence-corrected chi connectivity index (χ3v) is 3.75. The molecule has 0 atom stereocenters. The van der Waals surface area contributed by atoms with E-state index in [1.165, 1.54) is 11.8 Å². The highest BCUT2D eigenvalue weighted by Crippen LogP contribution is 2.26. The molecule has 1 aliphatic rings. The van der Waals surface area contributed by atoms with Gasteiger partial charge in [-0.15, -0.1) is 0 Å². The minimum Gasteiger partial charge on any atom is -0.359 e. The lowest BCUT2D eigenvalue weighted by Gasteiger charge is -1.90. The molecular weight excluding hydrogens is 298 g/mol. The van der Waals surface area contributed by atoms with Gasteiger partial charge in [0, 0.05) is 6.07 Å². The molecule has 0 spiro atoms. The number of aliphatic imine (C=N–C) groups is 1. The summed E-state index contributed by atoms with van der Waals surface area (Å²) < 4.78 is 4.94. The predicted molar refractivity (Wildman–Crippen MR) is 87.6 cm³/mol. The minimum absolute atomic E-state index is 0.165. The van der Waals surface area contributed by atoms with E-state index in [-0.39, 0.29) is 5.91 Å². The molecule has 1 fully saturated rings. The quantitative estimate of drug-likeness (QED) is 0.882. The number of carbonyl (C=O) groups excluding carboxylic acids is 1. The molecule has 22 heavy (non-hydrogen) atoms. The van der Waals surface area contributed by atoms with Gasteiger partial charge in [-0.25, -0.2) is 4.99 Å². The average molecular weight is 311 g/mol. The molecule has 0 aliphatic carbocycles. The van der Waals surface area contributed by atoms with Gasteiger partial charge in [-0.2, -0.15) is 0 Å². The first-order valence-electron chi connectivity index (χ1n) is 6.65. The zero-order valence-electron chi connectivity index (χ0n) is 11.8. The number of hydrogen-bond acceptors (Lipinski definition) is 5. The molecule has 110 valence electrons. The smallest absolute Gasteiger partial charge is 0.264 e. The molecule has 1 saturated heterocycles. The Morgan fingerprint density at radius 2 is 2.14 bits per heavy atom. The summed E-state index contributed by atoms with van der Waals surface area (Å²) in [5.41, 5.74) is 1.08. The van der Waals surface area contributed by atoms with Crippen molar-refractivity contribution in [2.75, 3.05) is 0 Å². The van der Waals surface area contributed by atoms with E-state index in [9.17, 15) is 4.79 Å². The van der Waals surface area contributed by atoms with Crippen LogP contribution >= 0.6 is 11.8 Å². The van der Waals surface area contributed by atoms with Gasteiger partial charge in [-0.05, 0) is 30.3 Å². The molecule has 2 heterocycles. The zero-order valence-corrected chi connectivity index (χ0v) is 12.6. The summed E-state index contributed by atoms with van der Waals surface area (Å²) in [5.74, 6) is 0.957. The molecule has 2 aromatic rings. The molecule has 0 saturated carbocycles. The number of nitrogens with one attached hydrogen (secondary N) is 1. The van der Waals surface area contributed by atoms with E-state index in [1.807, 2.05) is 42.5 Å². The van der Waals surface area contributed by atoms with Crippen LogP contribution in [0.5, 0.6) is 0 Å². The predicted octanol–water partition coefficient (Wildman–Crippen LogP) is 3.43. The lowest BCUT2D eigenvalue weighted by atomic mass is 10.2. The molecule has 1 N–H and O–H groups in total. The first-order valence-corrected chi connectivity index (χ1v) is 7.47. The molecule has 3 rings (SSSR count). The lowest BCUT2D eigenvalue weighted by Crippen LogP contribution is -2.19. The van der Waals surface area contributed by atoms with Crippen LogP contribution in [0.3, 0.4) is 0 Å². The number of carbonyl (C=O) groups is 1. The Balaban J connectivity index is 1.71. The van der Waals surface area contributed by atoms with Gasteiger partial charge in [0.05, 0.1) is 4.91 Å². The maximum atomic E-state index is 11.9. The largest absolute Gasteiger partial charge is 0.359 e. The first-order chi connectivity index (χ1) is 10.7. The molecule has 5 nitrogen and oxygen atoms in total. The van der Waals surface area contributed by atoms with Crippen LogP contribution in [0, 0.1) is 6.92 Å². The molecular formula is C16H13N3O2S. The fourth-order valence-electron chi connectivity index (χ4n) is 1.82. The fourth-order valence-corrected chi connectivity index (χ4v) is 2.60. The number of aryl methyl sites for hydroxylation is 1. The van der Waals surface area contributed by atoms with Crippen molar-refractivity contribution >= 4 is 34.7 Å². The Morgan fingerprint density at radius 3 is 2.86 bits per heavy atom. The number of allylic oxidation sites excluding steroid dienone is 2. The van der Waals surface area contributed by atoms with E-state index in [4.69, 9.17) is 4.52 Å². The number of rotatable bonds is 3. The van der Waals surface area contributed by atoms with Crippen LogP contribution in [0.4, 0.5) is 5.82 Å². The third kappa shape index (κ3) is 3.53. The first kappa shape index (κ1) is 14.3. The van der Waals surface area contributed by atoms with Gasteiger partial charge in [-0.1, -0.05) is 47.6 Å². The van der Waals surface area contributed by atoms with E-state index in [1.54, 1.807) is 19.1 Å². The van der Waals surface area contributed by atoms with Crippen LogP contribution in [-0.2, 0) is 4.79 Å².